The molecular weight excluding hydrogens is 235 g/mol. The Morgan fingerprint density at radius 2 is 1.87 bits per heavy atom. The molecule has 3 nitrogen and oxygen atoms in total. The zero-order chi connectivity index (χ0) is 10.8. The summed E-state index contributed by atoms with van der Waals surface area (Å²) in [7, 11) is 0. The Balaban J connectivity index is 2.59. The predicted molar refractivity (Wildman–Crippen MR) is 59.2 cm³/mol. The van der Waals surface area contributed by atoms with E-state index in [1.807, 2.05) is 0 Å². The van der Waals surface area contributed by atoms with Crippen molar-refractivity contribution in [2.24, 2.45) is 0 Å². The number of halogens is 2. The summed E-state index contributed by atoms with van der Waals surface area (Å²) < 4.78 is 0. The van der Waals surface area contributed by atoms with Crippen LogP contribution in [0.25, 0.3) is 11.3 Å². The standard InChI is InChI=1S/C10H6Cl2N2O/c11-7-4-10(15)8(12)3-6(7)9-5-13-1-2-14-9/h1-5,15H. The SMILES string of the molecule is Oc1cc(Cl)c(-c2cnccn2)cc1Cl. The highest BCUT2D eigenvalue weighted by Gasteiger charge is 2.09. The van der Waals surface area contributed by atoms with Gasteiger partial charge >= 0.3 is 0 Å². The summed E-state index contributed by atoms with van der Waals surface area (Å²) in [5.41, 5.74) is 1.26. The summed E-state index contributed by atoms with van der Waals surface area (Å²) in [6.07, 6.45) is 4.71. The molecule has 0 amide bonds. The lowest BCUT2D eigenvalue weighted by molar-refractivity contribution is 0.475. The molecule has 1 aromatic carbocycles. The van der Waals surface area contributed by atoms with Gasteiger partial charge in [-0.1, -0.05) is 23.2 Å². The van der Waals surface area contributed by atoms with Gasteiger partial charge in [-0.05, 0) is 6.07 Å². The summed E-state index contributed by atoms with van der Waals surface area (Å²) in [6.45, 7) is 0. The summed E-state index contributed by atoms with van der Waals surface area (Å²) >= 11 is 11.7. The van der Waals surface area contributed by atoms with Crippen LogP contribution in [0.1, 0.15) is 0 Å². The molecule has 76 valence electrons. The molecule has 1 N–H and O–H groups in total. The van der Waals surface area contributed by atoms with Crippen molar-refractivity contribution in [2.45, 2.75) is 0 Å². The molecule has 0 fully saturated rings. The van der Waals surface area contributed by atoms with Crippen molar-refractivity contribution >= 4 is 23.2 Å². The molecule has 0 aliphatic rings. The minimum absolute atomic E-state index is 0.0469. The Kier molecular flexibility index (Phi) is 2.75. The largest absolute Gasteiger partial charge is 0.506 e. The number of aromatic nitrogens is 2. The Bertz CT molecular complexity index is 488. The Hall–Kier alpha value is -1.32. The molecule has 0 spiro atoms. The van der Waals surface area contributed by atoms with Gasteiger partial charge in [-0.2, -0.15) is 0 Å². The molecular formula is C10H6Cl2N2O. The van der Waals surface area contributed by atoms with E-state index in [4.69, 9.17) is 23.2 Å². The summed E-state index contributed by atoms with van der Waals surface area (Å²) in [5, 5.41) is 9.94. The summed E-state index contributed by atoms with van der Waals surface area (Å²) in [4.78, 5) is 8.02. The molecule has 0 radical (unpaired) electrons. The Labute approximate surface area is 96.3 Å². The monoisotopic (exact) mass is 240 g/mol. The highest BCUT2D eigenvalue weighted by atomic mass is 35.5. The predicted octanol–water partition coefficient (Wildman–Crippen LogP) is 3.16. The number of phenolic OH excluding ortho intramolecular Hbond substituents is 1. The number of benzene rings is 1. The molecule has 0 saturated heterocycles. The second-order valence-electron chi connectivity index (χ2n) is 2.87. The van der Waals surface area contributed by atoms with Crippen molar-refractivity contribution in [2.75, 3.05) is 0 Å². The van der Waals surface area contributed by atoms with Gasteiger partial charge in [0.1, 0.15) is 5.75 Å². The van der Waals surface area contributed by atoms with E-state index >= 15 is 0 Å². The lowest BCUT2D eigenvalue weighted by Crippen LogP contribution is -1.85. The maximum Gasteiger partial charge on any atom is 0.135 e. The fraction of sp³-hybridized carbons (Fsp3) is 0. The normalized spacial score (nSPS) is 10.3. The van der Waals surface area contributed by atoms with Crippen molar-refractivity contribution in [1.29, 1.82) is 0 Å². The van der Waals surface area contributed by atoms with Crippen LogP contribution in [-0.2, 0) is 0 Å². The summed E-state index contributed by atoms with van der Waals surface area (Å²) in [5.74, 6) is -0.0469. The van der Waals surface area contributed by atoms with Gasteiger partial charge in [-0.15, -0.1) is 0 Å². The molecule has 2 aromatic rings. The molecule has 0 aliphatic carbocycles. The zero-order valence-electron chi connectivity index (χ0n) is 7.48. The second kappa shape index (κ2) is 4.04. The lowest BCUT2D eigenvalue weighted by Gasteiger charge is -2.04. The van der Waals surface area contributed by atoms with Gasteiger partial charge < -0.3 is 5.11 Å². The Morgan fingerprint density at radius 1 is 1.07 bits per heavy atom. The fourth-order valence-corrected chi connectivity index (χ4v) is 1.59. The van der Waals surface area contributed by atoms with Gasteiger partial charge in [0, 0.05) is 24.0 Å². The molecule has 0 saturated carbocycles. The third-order valence-electron chi connectivity index (χ3n) is 1.88. The molecule has 5 heteroatoms. The molecule has 1 heterocycles. The van der Waals surface area contributed by atoms with E-state index in [9.17, 15) is 5.11 Å². The van der Waals surface area contributed by atoms with Crippen LogP contribution in [-0.4, -0.2) is 15.1 Å². The van der Waals surface area contributed by atoms with Crippen LogP contribution in [0.15, 0.2) is 30.7 Å². The summed E-state index contributed by atoms with van der Waals surface area (Å²) in [6, 6.07) is 2.94. The second-order valence-corrected chi connectivity index (χ2v) is 3.69. The van der Waals surface area contributed by atoms with E-state index in [2.05, 4.69) is 9.97 Å². The molecule has 0 aliphatic heterocycles. The first-order valence-corrected chi connectivity index (χ1v) is 4.88. The van der Waals surface area contributed by atoms with Crippen LogP contribution >= 0.6 is 23.2 Å². The quantitative estimate of drug-likeness (QED) is 0.833. The molecule has 2 rings (SSSR count). The average molecular weight is 241 g/mol. The van der Waals surface area contributed by atoms with Gasteiger partial charge in [-0.25, -0.2) is 0 Å². The maximum atomic E-state index is 9.32. The van der Waals surface area contributed by atoms with Crippen molar-refractivity contribution < 1.29 is 5.11 Å². The van der Waals surface area contributed by atoms with Crippen molar-refractivity contribution in [3.8, 4) is 17.0 Å². The number of hydrogen-bond donors (Lipinski definition) is 1. The molecule has 1 aromatic heterocycles. The van der Waals surface area contributed by atoms with Crippen LogP contribution < -0.4 is 0 Å². The number of nitrogens with zero attached hydrogens (tertiary/aromatic N) is 2. The van der Waals surface area contributed by atoms with E-state index in [0.717, 1.165) is 0 Å². The molecule has 15 heavy (non-hydrogen) atoms. The number of phenols is 1. The van der Waals surface area contributed by atoms with E-state index in [-0.39, 0.29) is 10.8 Å². The highest BCUT2D eigenvalue weighted by molar-refractivity contribution is 6.36. The molecule has 0 bridgehead atoms. The first kappa shape index (κ1) is 10.2. The third-order valence-corrected chi connectivity index (χ3v) is 2.49. The first-order valence-electron chi connectivity index (χ1n) is 4.13. The van der Waals surface area contributed by atoms with Crippen LogP contribution in [0, 0.1) is 0 Å². The lowest BCUT2D eigenvalue weighted by atomic mass is 10.1. The first-order chi connectivity index (χ1) is 7.18. The van der Waals surface area contributed by atoms with Crippen LogP contribution in [0.5, 0.6) is 5.75 Å². The number of hydrogen-bond acceptors (Lipinski definition) is 3. The van der Waals surface area contributed by atoms with Crippen molar-refractivity contribution in [3.05, 3.63) is 40.8 Å². The van der Waals surface area contributed by atoms with E-state index < -0.39 is 0 Å². The van der Waals surface area contributed by atoms with Crippen LogP contribution in [0.4, 0.5) is 0 Å². The maximum absolute atomic E-state index is 9.32. The molecule has 0 atom stereocenters. The van der Waals surface area contributed by atoms with Gasteiger partial charge in [0.15, 0.2) is 0 Å². The van der Waals surface area contributed by atoms with Gasteiger partial charge in [0.25, 0.3) is 0 Å². The third kappa shape index (κ3) is 2.03. The topological polar surface area (TPSA) is 46.0 Å². The van der Waals surface area contributed by atoms with E-state index in [1.54, 1.807) is 24.7 Å². The van der Waals surface area contributed by atoms with Crippen molar-refractivity contribution in [1.82, 2.24) is 9.97 Å². The smallest absolute Gasteiger partial charge is 0.135 e. The van der Waals surface area contributed by atoms with Gasteiger partial charge in [-0.3, -0.25) is 9.97 Å². The van der Waals surface area contributed by atoms with Crippen LogP contribution in [0.2, 0.25) is 10.0 Å². The van der Waals surface area contributed by atoms with Gasteiger partial charge in [0.2, 0.25) is 0 Å². The van der Waals surface area contributed by atoms with Crippen molar-refractivity contribution in [3.63, 3.8) is 0 Å². The average Bonchev–Trinajstić information content (AvgIpc) is 2.25. The zero-order valence-corrected chi connectivity index (χ0v) is 9.00. The van der Waals surface area contributed by atoms with E-state index in [1.165, 1.54) is 6.07 Å². The number of rotatable bonds is 1. The minimum Gasteiger partial charge on any atom is -0.506 e. The van der Waals surface area contributed by atoms with Crippen LogP contribution in [0.3, 0.4) is 0 Å². The number of aromatic hydroxyl groups is 1. The van der Waals surface area contributed by atoms with E-state index in [0.29, 0.717) is 16.3 Å². The highest BCUT2D eigenvalue weighted by Crippen LogP contribution is 2.34. The Morgan fingerprint density at radius 3 is 2.53 bits per heavy atom. The minimum atomic E-state index is -0.0469. The fourth-order valence-electron chi connectivity index (χ4n) is 1.17. The molecule has 0 unspecified atom stereocenters. The van der Waals surface area contributed by atoms with Gasteiger partial charge in [0.05, 0.1) is 21.9 Å².